The van der Waals surface area contributed by atoms with Crippen LogP contribution in [-0.4, -0.2) is 54.1 Å². The number of hydrogen-bond donors (Lipinski definition) is 0. The molecule has 5 aliphatic rings. The molecule has 7 unspecified atom stereocenters. The first-order chi connectivity index (χ1) is 28.3. The highest BCUT2D eigenvalue weighted by molar-refractivity contribution is 5.97. The Bertz CT molecular complexity index is 2100. The number of cyclic esters (lactones) is 1. The molecule has 4 aliphatic carbocycles. The fraction of sp³-hybridized carbons (Fsp3) is 0.500. The van der Waals surface area contributed by atoms with Crippen LogP contribution in [0.1, 0.15) is 111 Å². The third-order valence-corrected chi connectivity index (χ3v) is 15.1. The highest BCUT2D eigenvalue weighted by Crippen LogP contribution is 2.67. The van der Waals surface area contributed by atoms with Crippen molar-refractivity contribution in [2.75, 3.05) is 0 Å². The summed E-state index contributed by atoms with van der Waals surface area (Å²) in [6.07, 6.45) is 3.26. The van der Waals surface area contributed by atoms with Gasteiger partial charge < -0.3 is 18.9 Å². The zero-order chi connectivity index (χ0) is 41.6. The average molecular weight is 801 g/mol. The summed E-state index contributed by atoms with van der Waals surface area (Å²) in [5.74, 6) is -2.97. The molecule has 12 atom stereocenters. The van der Waals surface area contributed by atoms with Gasteiger partial charge in [0.1, 0.15) is 24.4 Å². The first kappa shape index (κ1) is 40.7. The van der Waals surface area contributed by atoms with Crippen molar-refractivity contribution < 1.29 is 42.9 Å². The Morgan fingerprint density at radius 3 is 1.78 bits per heavy atom. The van der Waals surface area contributed by atoms with Crippen molar-refractivity contribution in [2.24, 2.45) is 52.3 Å². The van der Waals surface area contributed by atoms with Gasteiger partial charge in [0.2, 0.25) is 0 Å². The lowest BCUT2D eigenvalue weighted by Gasteiger charge is -2.63. The Morgan fingerprint density at radius 2 is 1.22 bits per heavy atom. The summed E-state index contributed by atoms with van der Waals surface area (Å²) >= 11 is 0. The molecule has 0 spiro atoms. The molecule has 3 aromatic carbocycles. The highest BCUT2D eigenvalue weighted by atomic mass is 16.6. The van der Waals surface area contributed by atoms with Crippen LogP contribution in [-0.2, 0) is 28.5 Å². The minimum atomic E-state index is -0.989. The SMILES string of the molecule is CC(C)C1CC(=O)OC(C(C)C2=CC(=O)C3C4C(CC[C@]23C)[C@@]2(C)CC[C@@H](OC(=O)c3ccccc3)CC2[C@@H](OC(=O)c2ccccc2)[C@@H]4OC(=O)c2ccccc2)C1. The first-order valence-electron chi connectivity index (χ1n) is 21.5. The van der Waals surface area contributed by atoms with E-state index in [2.05, 4.69) is 34.6 Å². The fourth-order valence-electron chi connectivity index (χ4n) is 11.9. The van der Waals surface area contributed by atoms with E-state index in [9.17, 15) is 24.0 Å². The van der Waals surface area contributed by atoms with Crippen LogP contribution in [0.5, 0.6) is 0 Å². The number of ether oxygens (including phenoxy) is 4. The van der Waals surface area contributed by atoms with Gasteiger partial charge in [-0.05, 0) is 110 Å². The molecule has 0 amide bonds. The van der Waals surface area contributed by atoms with Gasteiger partial charge in [0.05, 0.1) is 16.7 Å². The number of fused-ring (bicyclic) bond motifs is 5. The van der Waals surface area contributed by atoms with Crippen molar-refractivity contribution >= 4 is 29.7 Å². The second-order valence-corrected chi connectivity index (χ2v) is 18.6. The van der Waals surface area contributed by atoms with Gasteiger partial charge in [-0.3, -0.25) is 9.59 Å². The molecule has 0 N–H and O–H groups in total. The van der Waals surface area contributed by atoms with E-state index in [0.717, 1.165) is 24.8 Å². The van der Waals surface area contributed by atoms with Crippen LogP contribution in [0.4, 0.5) is 0 Å². The standard InChI is InChI=1S/C50H56O9/c1-29(2)34-25-40(57-41(52)26-34)30(3)37-28-39(51)43-42-36(22-24-50(37,43)5)49(4)23-21-35(56-46(53)31-15-9-6-10-16-31)27-38(49)44(58-47(54)32-17-11-7-12-18-32)45(42)59-48(55)33-19-13-8-14-20-33/h6-20,28-30,34-36,38,40,42-45H,21-27H2,1-5H3/t30?,34?,35-,36?,38?,40?,42?,43?,44-,45-,49-,50-/m1/s1. The van der Waals surface area contributed by atoms with Crippen LogP contribution < -0.4 is 0 Å². The molecule has 1 heterocycles. The Hall–Kier alpha value is -5.05. The van der Waals surface area contributed by atoms with E-state index in [1.165, 1.54) is 0 Å². The number of allylic oxidation sites excluding steroid dienone is 1. The minimum absolute atomic E-state index is 0.0342. The van der Waals surface area contributed by atoms with E-state index in [0.29, 0.717) is 48.3 Å². The topological polar surface area (TPSA) is 122 Å². The third kappa shape index (κ3) is 7.55. The van der Waals surface area contributed by atoms with E-state index in [1.54, 1.807) is 78.9 Å². The van der Waals surface area contributed by atoms with E-state index >= 15 is 0 Å². The maximum Gasteiger partial charge on any atom is 0.338 e. The summed E-state index contributed by atoms with van der Waals surface area (Å²) in [5, 5.41) is 0. The maximum absolute atomic E-state index is 14.8. The highest BCUT2D eigenvalue weighted by Gasteiger charge is 2.68. The molecule has 4 fully saturated rings. The predicted octanol–water partition coefficient (Wildman–Crippen LogP) is 9.25. The van der Waals surface area contributed by atoms with E-state index < -0.39 is 58.9 Å². The third-order valence-electron chi connectivity index (χ3n) is 15.1. The fourth-order valence-corrected chi connectivity index (χ4v) is 11.9. The molecule has 3 aromatic rings. The van der Waals surface area contributed by atoms with Crippen LogP contribution in [0.25, 0.3) is 0 Å². The van der Waals surface area contributed by atoms with Gasteiger partial charge in [0.25, 0.3) is 0 Å². The Kier molecular flexibility index (Phi) is 11.2. The normalized spacial score (nSPS) is 34.3. The number of hydrogen-bond acceptors (Lipinski definition) is 9. The average Bonchev–Trinajstić information content (AvgIpc) is 3.52. The van der Waals surface area contributed by atoms with Crippen molar-refractivity contribution in [2.45, 2.75) is 104 Å². The van der Waals surface area contributed by atoms with Crippen LogP contribution in [0.3, 0.4) is 0 Å². The van der Waals surface area contributed by atoms with Crippen molar-refractivity contribution in [1.29, 1.82) is 0 Å². The summed E-state index contributed by atoms with van der Waals surface area (Å²) in [6.45, 7) is 10.7. The number of rotatable bonds is 9. The minimum Gasteiger partial charge on any atom is -0.462 e. The van der Waals surface area contributed by atoms with Gasteiger partial charge in [0.15, 0.2) is 5.78 Å². The van der Waals surface area contributed by atoms with Gasteiger partial charge >= 0.3 is 23.9 Å². The molecule has 0 bridgehead atoms. The molecule has 9 nitrogen and oxygen atoms in total. The molecular weight excluding hydrogens is 745 g/mol. The molecular formula is C50H56O9. The van der Waals surface area contributed by atoms with E-state index in [4.69, 9.17) is 18.9 Å². The summed E-state index contributed by atoms with van der Waals surface area (Å²) < 4.78 is 25.5. The van der Waals surface area contributed by atoms with Crippen molar-refractivity contribution in [3.8, 4) is 0 Å². The molecule has 3 saturated carbocycles. The zero-order valence-corrected chi connectivity index (χ0v) is 34.7. The molecule has 310 valence electrons. The van der Waals surface area contributed by atoms with Gasteiger partial charge in [-0.1, -0.05) is 94.8 Å². The van der Waals surface area contributed by atoms with Crippen molar-refractivity contribution in [3.63, 3.8) is 0 Å². The summed E-state index contributed by atoms with van der Waals surface area (Å²) in [5.41, 5.74) is 1.06. The maximum atomic E-state index is 14.8. The van der Waals surface area contributed by atoms with Gasteiger partial charge in [0, 0.05) is 30.1 Å². The summed E-state index contributed by atoms with van der Waals surface area (Å²) in [6, 6.07) is 26.4. The van der Waals surface area contributed by atoms with Crippen molar-refractivity contribution in [1.82, 2.24) is 0 Å². The summed E-state index contributed by atoms with van der Waals surface area (Å²) in [7, 11) is 0. The van der Waals surface area contributed by atoms with Gasteiger partial charge in [-0.15, -0.1) is 0 Å². The number of carbonyl (C=O) groups excluding carboxylic acids is 5. The molecule has 1 saturated heterocycles. The Labute approximate surface area is 347 Å². The lowest BCUT2D eigenvalue weighted by molar-refractivity contribution is -0.218. The number of esters is 4. The quantitative estimate of drug-likeness (QED) is 0.154. The molecule has 8 rings (SSSR count). The smallest absolute Gasteiger partial charge is 0.338 e. The van der Waals surface area contributed by atoms with Gasteiger partial charge in [-0.2, -0.15) is 0 Å². The van der Waals surface area contributed by atoms with Crippen LogP contribution in [0.2, 0.25) is 0 Å². The number of benzene rings is 3. The second kappa shape index (κ2) is 16.2. The van der Waals surface area contributed by atoms with Crippen LogP contribution in [0.15, 0.2) is 103 Å². The molecule has 0 radical (unpaired) electrons. The second-order valence-electron chi connectivity index (χ2n) is 18.6. The lowest BCUT2D eigenvalue weighted by atomic mass is 9.43. The monoisotopic (exact) mass is 800 g/mol. The van der Waals surface area contributed by atoms with Crippen LogP contribution >= 0.6 is 0 Å². The predicted molar refractivity (Wildman–Crippen MR) is 220 cm³/mol. The molecule has 59 heavy (non-hydrogen) atoms. The largest absolute Gasteiger partial charge is 0.462 e. The molecule has 1 aliphatic heterocycles. The Morgan fingerprint density at radius 1 is 0.678 bits per heavy atom. The van der Waals surface area contributed by atoms with Gasteiger partial charge in [-0.25, -0.2) is 14.4 Å². The van der Waals surface area contributed by atoms with Crippen LogP contribution in [0, 0.1) is 52.3 Å². The summed E-state index contributed by atoms with van der Waals surface area (Å²) in [4.78, 5) is 69.6. The van der Waals surface area contributed by atoms with E-state index in [-0.39, 0.29) is 41.5 Å². The first-order valence-corrected chi connectivity index (χ1v) is 21.5. The van der Waals surface area contributed by atoms with Crippen molar-refractivity contribution in [3.05, 3.63) is 119 Å². The number of ketones is 1. The Balaban J connectivity index is 1.19. The lowest BCUT2D eigenvalue weighted by Crippen LogP contribution is -2.66. The molecule has 9 heteroatoms. The molecule has 0 aromatic heterocycles. The van der Waals surface area contributed by atoms with E-state index in [1.807, 2.05) is 18.2 Å². The zero-order valence-electron chi connectivity index (χ0n) is 34.7. The number of carbonyl (C=O) groups is 5.